The summed E-state index contributed by atoms with van der Waals surface area (Å²) in [5.41, 5.74) is 22.2. The van der Waals surface area contributed by atoms with Crippen LogP contribution in [0.2, 0.25) is 0 Å². The molecule has 6 aliphatic rings. The van der Waals surface area contributed by atoms with E-state index in [-0.39, 0.29) is 44.9 Å². The molecule has 4 unspecified atom stereocenters. The number of benzene rings is 6. The molecule has 0 aromatic heterocycles. The second-order valence-electron chi connectivity index (χ2n) is 25.5. The van der Waals surface area contributed by atoms with Gasteiger partial charge in [-0.2, -0.15) is 0 Å². The molecule has 12 rings (SSSR count). The summed E-state index contributed by atoms with van der Waals surface area (Å²) in [5.74, 6) is 0. The summed E-state index contributed by atoms with van der Waals surface area (Å²) >= 11 is 0. The average molecular weight is 882 g/mol. The Morgan fingerprint density at radius 3 is 1.82 bits per heavy atom. The number of anilines is 7. The highest BCUT2D eigenvalue weighted by molar-refractivity contribution is 7.00. The molecule has 4 heterocycles. The van der Waals surface area contributed by atoms with Gasteiger partial charge in [-0.3, -0.25) is 0 Å². The van der Waals surface area contributed by atoms with Crippen molar-refractivity contribution in [2.24, 2.45) is 0 Å². The van der Waals surface area contributed by atoms with Crippen LogP contribution in [0.25, 0.3) is 0 Å². The van der Waals surface area contributed by atoms with Crippen LogP contribution in [0.5, 0.6) is 0 Å². The lowest BCUT2D eigenvalue weighted by Crippen LogP contribution is -2.64. The third-order valence-corrected chi connectivity index (χ3v) is 18.7. The standard InChI is InChI=1S/C63H72BN3/c1-57(2,3)42-25-22-26-45(35-42)65-52-38-43(58(4,5)6)29-30-49(52)64-50-37-44(59(7,8)9)36-48-56(50)67(61(11)32-19-18-31-60(48,61)10)54-40-46(39-53(65)55(54)64)66-51-28-17-16-27-47(51)63(41-23-14-13-15-24-41)34-21-20-33-62(63,66)12/h13-17,22-30,35-40H,18-21,31-34H2,1-12H3. The summed E-state index contributed by atoms with van der Waals surface area (Å²) in [6.45, 7) is 29.5. The summed E-state index contributed by atoms with van der Waals surface area (Å²) in [7, 11) is 0. The van der Waals surface area contributed by atoms with Gasteiger partial charge in [0.1, 0.15) is 0 Å². The van der Waals surface area contributed by atoms with Crippen molar-refractivity contribution in [2.75, 3.05) is 14.7 Å². The zero-order valence-corrected chi connectivity index (χ0v) is 42.6. The van der Waals surface area contributed by atoms with Crippen molar-refractivity contribution in [2.45, 2.75) is 173 Å². The van der Waals surface area contributed by atoms with E-state index < -0.39 is 0 Å². The maximum atomic E-state index is 2.95. The number of rotatable bonds is 3. The van der Waals surface area contributed by atoms with Gasteiger partial charge in [0.2, 0.25) is 0 Å². The molecule has 3 nitrogen and oxygen atoms in total. The molecular formula is C63H72BN3. The zero-order chi connectivity index (χ0) is 46.8. The quantitative estimate of drug-likeness (QED) is 0.164. The Kier molecular flexibility index (Phi) is 8.97. The minimum absolute atomic E-state index is 0.00417. The Morgan fingerprint density at radius 1 is 0.448 bits per heavy atom. The maximum absolute atomic E-state index is 2.95. The van der Waals surface area contributed by atoms with Crippen molar-refractivity contribution >= 4 is 62.9 Å². The Labute approximate surface area is 403 Å². The summed E-state index contributed by atoms with van der Waals surface area (Å²) < 4.78 is 0. The van der Waals surface area contributed by atoms with Crippen LogP contribution in [0.1, 0.15) is 168 Å². The topological polar surface area (TPSA) is 9.72 Å². The average Bonchev–Trinajstić information content (AvgIpc) is 3.66. The highest BCUT2D eigenvalue weighted by atomic mass is 15.3. The first-order valence-corrected chi connectivity index (χ1v) is 25.9. The van der Waals surface area contributed by atoms with E-state index in [2.05, 4.69) is 219 Å². The molecule has 0 bridgehead atoms. The minimum atomic E-state index is -0.187. The number of nitrogens with zero attached hydrogens (tertiary/aromatic N) is 3. The van der Waals surface area contributed by atoms with Crippen molar-refractivity contribution in [3.8, 4) is 0 Å². The molecule has 4 atom stereocenters. The van der Waals surface area contributed by atoms with E-state index in [1.54, 1.807) is 5.56 Å². The smallest absolute Gasteiger partial charge is 0.252 e. The first kappa shape index (κ1) is 43.1. The van der Waals surface area contributed by atoms with Crippen LogP contribution < -0.4 is 31.1 Å². The van der Waals surface area contributed by atoms with Crippen LogP contribution >= 0.6 is 0 Å². The zero-order valence-electron chi connectivity index (χ0n) is 42.6. The van der Waals surface area contributed by atoms with Crippen molar-refractivity contribution in [3.05, 3.63) is 155 Å². The Balaban J connectivity index is 1.23. The minimum Gasteiger partial charge on any atom is -0.335 e. The number of fused-ring (bicyclic) bond motifs is 10. The van der Waals surface area contributed by atoms with E-state index in [1.165, 1.54) is 123 Å². The van der Waals surface area contributed by atoms with E-state index >= 15 is 0 Å². The highest BCUT2D eigenvalue weighted by Crippen LogP contribution is 2.66. The lowest BCUT2D eigenvalue weighted by atomic mass is 9.33. The van der Waals surface area contributed by atoms with Crippen LogP contribution in [-0.4, -0.2) is 17.8 Å². The van der Waals surface area contributed by atoms with E-state index in [0.29, 0.717) is 0 Å². The normalized spacial score (nSPS) is 25.9. The molecule has 6 aromatic carbocycles. The lowest BCUT2D eigenvalue weighted by molar-refractivity contribution is 0.195. The monoisotopic (exact) mass is 882 g/mol. The van der Waals surface area contributed by atoms with E-state index in [9.17, 15) is 0 Å². The summed E-state index contributed by atoms with van der Waals surface area (Å²) in [4.78, 5) is 8.53. The predicted molar refractivity (Wildman–Crippen MR) is 287 cm³/mol. The molecule has 2 aliphatic carbocycles. The molecular weight excluding hydrogens is 810 g/mol. The van der Waals surface area contributed by atoms with E-state index in [1.807, 2.05) is 0 Å². The molecule has 0 amide bonds. The molecule has 342 valence electrons. The molecule has 0 N–H and O–H groups in total. The van der Waals surface area contributed by atoms with Crippen LogP contribution in [0.15, 0.2) is 121 Å². The van der Waals surface area contributed by atoms with E-state index in [0.717, 1.165) is 12.8 Å². The van der Waals surface area contributed by atoms with Gasteiger partial charge in [0.25, 0.3) is 6.71 Å². The molecule has 0 radical (unpaired) electrons. The number of para-hydroxylation sites is 1. The van der Waals surface area contributed by atoms with Gasteiger partial charge in [0, 0.05) is 50.6 Å². The van der Waals surface area contributed by atoms with Crippen molar-refractivity contribution < 1.29 is 0 Å². The molecule has 4 heteroatoms. The molecule has 0 saturated heterocycles. The van der Waals surface area contributed by atoms with Crippen LogP contribution in [0.3, 0.4) is 0 Å². The first-order chi connectivity index (χ1) is 31.7. The van der Waals surface area contributed by atoms with Gasteiger partial charge in [-0.25, -0.2) is 0 Å². The van der Waals surface area contributed by atoms with Gasteiger partial charge in [-0.1, -0.05) is 180 Å². The van der Waals surface area contributed by atoms with Crippen LogP contribution in [0.4, 0.5) is 39.8 Å². The fourth-order valence-electron chi connectivity index (χ4n) is 14.9. The molecule has 6 aromatic rings. The Bertz CT molecular complexity index is 3020. The summed E-state index contributed by atoms with van der Waals surface area (Å²) in [5, 5.41) is 0. The summed E-state index contributed by atoms with van der Waals surface area (Å²) in [6.07, 6.45) is 9.64. The van der Waals surface area contributed by atoms with Crippen LogP contribution in [-0.2, 0) is 27.1 Å². The third-order valence-electron chi connectivity index (χ3n) is 18.7. The Hall–Kier alpha value is -5.22. The van der Waals surface area contributed by atoms with Gasteiger partial charge >= 0.3 is 0 Å². The second-order valence-corrected chi connectivity index (χ2v) is 25.5. The third kappa shape index (κ3) is 5.65. The first-order valence-electron chi connectivity index (χ1n) is 25.9. The molecule has 4 aliphatic heterocycles. The molecule has 67 heavy (non-hydrogen) atoms. The van der Waals surface area contributed by atoms with Gasteiger partial charge < -0.3 is 14.7 Å². The van der Waals surface area contributed by atoms with Gasteiger partial charge in [0.05, 0.1) is 11.1 Å². The van der Waals surface area contributed by atoms with Gasteiger partial charge in [-0.15, -0.1) is 0 Å². The van der Waals surface area contributed by atoms with Gasteiger partial charge in [-0.05, 0) is 142 Å². The van der Waals surface area contributed by atoms with Crippen molar-refractivity contribution in [1.82, 2.24) is 0 Å². The Morgan fingerprint density at radius 2 is 1.09 bits per heavy atom. The largest absolute Gasteiger partial charge is 0.335 e. The molecule has 0 spiro atoms. The SMILES string of the molecule is CC(C)(C)c1cccc(N2c3cc(C(C)(C)C)ccc3B3c4cc(C(C)(C)C)cc5c4N(c4cc(N6c7ccccc7C7(c8ccccc8)CCCCC67C)cc2c43)C2(C)CCCCC52C)c1. The fraction of sp³-hybridized carbons (Fsp3) is 0.429. The fourth-order valence-corrected chi connectivity index (χ4v) is 14.9. The number of hydrogen-bond donors (Lipinski definition) is 0. The summed E-state index contributed by atoms with van der Waals surface area (Å²) in [6, 6.07) is 48.9. The molecule has 2 fully saturated rings. The second kappa shape index (κ2) is 14.0. The van der Waals surface area contributed by atoms with Crippen LogP contribution in [0, 0.1) is 0 Å². The maximum Gasteiger partial charge on any atom is 0.252 e. The highest BCUT2D eigenvalue weighted by Gasteiger charge is 2.64. The predicted octanol–water partition coefficient (Wildman–Crippen LogP) is 14.7. The van der Waals surface area contributed by atoms with Crippen molar-refractivity contribution in [3.63, 3.8) is 0 Å². The number of hydrogen-bond acceptors (Lipinski definition) is 3. The van der Waals surface area contributed by atoms with E-state index in [4.69, 9.17) is 0 Å². The van der Waals surface area contributed by atoms with Crippen molar-refractivity contribution in [1.29, 1.82) is 0 Å². The van der Waals surface area contributed by atoms with Gasteiger partial charge in [0.15, 0.2) is 0 Å². The lowest BCUT2D eigenvalue weighted by Gasteiger charge is -2.54. The molecule has 2 saturated carbocycles.